The summed E-state index contributed by atoms with van der Waals surface area (Å²) >= 11 is 0. The maximum absolute atomic E-state index is 13.4. The molecule has 0 aliphatic heterocycles. The second-order valence-corrected chi connectivity index (χ2v) is 3.23. The minimum absolute atomic E-state index is 0.243. The van der Waals surface area contributed by atoms with Gasteiger partial charge in [-0.15, -0.1) is 0 Å². The fourth-order valence-electron chi connectivity index (χ4n) is 1.32. The maximum atomic E-state index is 13.4. The first-order chi connectivity index (χ1) is 8.10. The summed E-state index contributed by atoms with van der Waals surface area (Å²) in [5.41, 5.74) is -0.364. The Hall–Kier alpha value is -1.33. The fraction of sp³-hybridized carbons (Fsp3) is 0.417. The highest BCUT2D eigenvalue weighted by Crippen LogP contribution is 2.14. The molecule has 0 saturated heterocycles. The number of hydrogen-bond acceptors (Lipinski definition) is 3. The van der Waals surface area contributed by atoms with Crippen molar-refractivity contribution in [2.75, 3.05) is 13.2 Å². The fourth-order valence-corrected chi connectivity index (χ4v) is 1.32. The average molecular weight is 244 g/mol. The first-order valence-corrected chi connectivity index (χ1v) is 5.32. The van der Waals surface area contributed by atoms with Gasteiger partial charge in [-0.25, -0.2) is 8.78 Å². The van der Waals surface area contributed by atoms with Crippen LogP contribution in [0.25, 0.3) is 0 Å². The molecule has 17 heavy (non-hydrogen) atoms. The van der Waals surface area contributed by atoms with Crippen molar-refractivity contribution in [3.63, 3.8) is 0 Å². The van der Waals surface area contributed by atoms with Gasteiger partial charge in [0.05, 0.1) is 5.56 Å². The van der Waals surface area contributed by atoms with E-state index >= 15 is 0 Å². The van der Waals surface area contributed by atoms with Crippen molar-refractivity contribution < 1.29 is 23.0 Å². The molecule has 0 saturated carbocycles. The topological polar surface area (TPSA) is 35.5 Å². The van der Waals surface area contributed by atoms with Crippen LogP contribution in [0.2, 0.25) is 0 Å². The molecule has 5 heteroatoms. The zero-order valence-electron chi connectivity index (χ0n) is 9.70. The molecule has 0 aromatic heterocycles. The molecule has 0 amide bonds. The van der Waals surface area contributed by atoms with Crippen molar-refractivity contribution in [1.82, 2.24) is 0 Å². The van der Waals surface area contributed by atoms with Crippen LogP contribution in [0.5, 0.6) is 0 Å². The number of ether oxygens (including phenoxy) is 2. The number of benzene rings is 1. The summed E-state index contributed by atoms with van der Waals surface area (Å²) in [5.74, 6) is -2.19. The van der Waals surface area contributed by atoms with Crippen LogP contribution in [0.3, 0.4) is 0 Å². The van der Waals surface area contributed by atoms with Crippen molar-refractivity contribution in [3.8, 4) is 0 Å². The number of hydrogen-bond donors (Lipinski definition) is 0. The Morgan fingerprint density at radius 3 is 2.35 bits per heavy atom. The molecule has 0 spiro atoms. The standard InChI is InChI=1S/C12H14F2O3/c1-3-16-12(17-4-2)11(15)9-7-8(13)5-6-10(9)14/h5-7,12H,3-4H2,1-2H3. The predicted molar refractivity (Wildman–Crippen MR) is 57.7 cm³/mol. The second kappa shape index (κ2) is 6.42. The average Bonchev–Trinajstić information content (AvgIpc) is 2.31. The molecular formula is C12H14F2O3. The molecule has 94 valence electrons. The van der Waals surface area contributed by atoms with E-state index in [0.29, 0.717) is 0 Å². The monoisotopic (exact) mass is 244 g/mol. The van der Waals surface area contributed by atoms with Gasteiger partial charge in [0, 0.05) is 13.2 Å². The molecule has 0 aliphatic rings. The Bertz CT molecular complexity index is 387. The summed E-state index contributed by atoms with van der Waals surface area (Å²) < 4.78 is 36.4. The van der Waals surface area contributed by atoms with Gasteiger partial charge >= 0.3 is 0 Å². The van der Waals surface area contributed by atoms with Crippen LogP contribution in [-0.4, -0.2) is 25.3 Å². The van der Waals surface area contributed by atoms with E-state index in [2.05, 4.69) is 0 Å². The predicted octanol–water partition coefficient (Wildman–Crippen LogP) is 2.55. The maximum Gasteiger partial charge on any atom is 0.222 e. The lowest BCUT2D eigenvalue weighted by Crippen LogP contribution is -2.28. The van der Waals surface area contributed by atoms with Gasteiger partial charge in [0.15, 0.2) is 0 Å². The number of carbonyl (C=O) groups excluding carboxylic acids is 1. The highest BCUT2D eigenvalue weighted by Gasteiger charge is 2.23. The number of halogens is 2. The number of ketones is 1. The molecule has 0 radical (unpaired) electrons. The Morgan fingerprint density at radius 2 is 1.82 bits per heavy atom. The molecule has 1 aromatic carbocycles. The van der Waals surface area contributed by atoms with Gasteiger partial charge in [0.2, 0.25) is 12.1 Å². The van der Waals surface area contributed by atoms with E-state index in [1.807, 2.05) is 0 Å². The minimum Gasteiger partial charge on any atom is -0.346 e. The highest BCUT2D eigenvalue weighted by molar-refractivity contribution is 5.98. The molecule has 0 N–H and O–H groups in total. The van der Waals surface area contributed by atoms with Gasteiger partial charge in [-0.3, -0.25) is 4.79 Å². The third kappa shape index (κ3) is 3.57. The molecule has 1 rings (SSSR count). The SMILES string of the molecule is CCOC(OCC)C(=O)c1cc(F)ccc1F. The zero-order valence-corrected chi connectivity index (χ0v) is 9.70. The normalized spacial score (nSPS) is 10.9. The van der Waals surface area contributed by atoms with Crippen LogP contribution in [0.1, 0.15) is 24.2 Å². The van der Waals surface area contributed by atoms with Gasteiger partial charge in [-0.05, 0) is 32.0 Å². The Morgan fingerprint density at radius 1 is 1.24 bits per heavy atom. The number of rotatable bonds is 6. The lowest BCUT2D eigenvalue weighted by Gasteiger charge is -2.15. The Kier molecular flexibility index (Phi) is 5.18. The number of carbonyl (C=O) groups is 1. The van der Waals surface area contributed by atoms with Crippen molar-refractivity contribution in [2.45, 2.75) is 20.1 Å². The van der Waals surface area contributed by atoms with E-state index < -0.39 is 23.7 Å². The third-order valence-corrected chi connectivity index (χ3v) is 2.04. The molecular weight excluding hydrogens is 230 g/mol. The third-order valence-electron chi connectivity index (χ3n) is 2.04. The Balaban J connectivity index is 2.95. The summed E-state index contributed by atoms with van der Waals surface area (Å²) in [6.07, 6.45) is -1.19. The van der Waals surface area contributed by atoms with E-state index in [-0.39, 0.29) is 18.8 Å². The molecule has 0 aliphatic carbocycles. The van der Waals surface area contributed by atoms with E-state index in [1.54, 1.807) is 13.8 Å². The lowest BCUT2D eigenvalue weighted by atomic mass is 10.1. The van der Waals surface area contributed by atoms with Gasteiger partial charge < -0.3 is 9.47 Å². The molecule has 0 fully saturated rings. The second-order valence-electron chi connectivity index (χ2n) is 3.23. The highest BCUT2D eigenvalue weighted by atomic mass is 19.1. The molecule has 3 nitrogen and oxygen atoms in total. The van der Waals surface area contributed by atoms with Gasteiger partial charge in [-0.1, -0.05) is 0 Å². The molecule has 0 bridgehead atoms. The zero-order chi connectivity index (χ0) is 12.8. The van der Waals surface area contributed by atoms with Crippen LogP contribution in [-0.2, 0) is 9.47 Å². The molecule has 0 atom stereocenters. The van der Waals surface area contributed by atoms with Crippen molar-refractivity contribution >= 4 is 5.78 Å². The van der Waals surface area contributed by atoms with Crippen molar-refractivity contribution in [3.05, 3.63) is 35.4 Å². The van der Waals surface area contributed by atoms with Crippen LogP contribution in [0, 0.1) is 11.6 Å². The summed E-state index contributed by atoms with van der Waals surface area (Å²) in [6.45, 7) is 3.85. The molecule has 0 unspecified atom stereocenters. The first kappa shape index (κ1) is 13.7. The van der Waals surface area contributed by atoms with Gasteiger partial charge in [-0.2, -0.15) is 0 Å². The van der Waals surface area contributed by atoms with E-state index in [4.69, 9.17) is 9.47 Å². The summed E-state index contributed by atoms with van der Waals surface area (Å²) in [6, 6.07) is 2.68. The lowest BCUT2D eigenvalue weighted by molar-refractivity contribution is -0.107. The van der Waals surface area contributed by atoms with E-state index in [1.165, 1.54) is 0 Å². The van der Waals surface area contributed by atoms with Crippen molar-refractivity contribution in [1.29, 1.82) is 0 Å². The van der Waals surface area contributed by atoms with Crippen LogP contribution in [0.4, 0.5) is 8.78 Å². The quantitative estimate of drug-likeness (QED) is 0.570. The summed E-state index contributed by atoms with van der Waals surface area (Å²) in [7, 11) is 0. The van der Waals surface area contributed by atoms with E-state index in [0.717, 1.165) is 18.2 Å². The van der Waals surface area contributed by atoms with Crippen LogP contribution in [0.15, 0.2) is 18.2 Å². The smallest absolute Gasteiger partial charge is 0.222 e. The van der Waals surface area contributed by atoms with Crippen LogP contribution >= 0.6 is 0 Å². The summed E-state index contributed by atoms with van der Waals surface area (Å²) in [4.78, 5) is 11.8. The number of Topliss-reactive ketones (excluding diaryl/α,β-unsaturated/α-hetero) is 1. The molecule has 1 aromatic rings. The first-order valence-electron chi connectivity index (χ1n) is 5.32. The molecule has 0 heterocycles. The largest absolute Gasteiger partial charge is 0.346 e. The van der Waals surface area contributed by atoms with Crippen LogP contribution < -0.4 is 0 Å². The van der Waals surface area contributed by atoms with E-state index in [9.17, 15) is 13.6 Å². The minimum atomic E-state index is -1.19. The van der Waals surface area contributed by atoms with Gasteiger partial charge in [0.25, 0.3) is 0 Å². The summed E-state index contributed by atoms with van der Waals surface area (Å²) in [5, 5.41) is 0. The Labute approximate surface area is 98.3 Å². The van der Waals surface area contributed by atoms with Crippen molar-refractivity contribution in [2.24, 2.45) is 0 Å². The van der Waals surface area contributed by atoms with Gasteiger partial charge in [0.1, 0.15) is 11.6 Å².